The highest BCUT2D eigenvalue weighted by molar-refractivity contribution is 5.30. The van der Waals surface area contributed by atoms with E-state index in [4.69, 9.17) is 10.4 Å². The molecule has 80 valence electrons. The Kier molecular flexibility index (Phi) is 3.17. The van der Waals surface area contributed by atoms with E-state index in [1.165, 1.54) is 12.1 Å². The third-order valence-corrected chi connectivity index (χ3v) is 1.55. The van der Waals surface area contributed by atoms with Crippen LogP contribution in [-0.4, -0.2) is 11.5 Å². The van der Waals surface area contributed by atoms with Gasteiger partial charge >= 0.3 is 6.36 Å². The molecule has 0 unspecified atom stereocenters. The molecule has 1 N–H and O–H groups in total. The van der Waals surface area contributed by atoms with Crippen LogP contribution in [0.5, 0.6) is 5.75 Å². The van der Waals surface area contributed by atoms with Crippen LogP contribution in [0.25, 0.3) is 0 Å². The first-order valence-corrected chi connectivity index (χ1v) is 3.86. The number of benzene rings is 1. The van der Waals surface area contributed by atoms with Crippen LogP contribution in [0.4, 0.5) is 13.2 Å². The van der Waals surface area contributed by atoms with Crippen molar-refractivity contribution >= 4 is 0 Å². The quantitative estimate of drug-likeness (QED) is 0.772. The van der Waals surface area contributed by atoms with Crippen molar-refractivity contribution in [1.82, 2.24) is 0 Å². The fourth-order valence-electron chi connectivity index (χ4n) is 0.926. The lowest BCUT2D eigenvalue weighted by molar-refractivity contribution is -0.274. The molecule has 0 aromatic heterocycles. The zero-order chi connectivity index (χ0) is 11.5. The van der Waals surface area contributed by atoms with E-state index in [0.29, 0.717) is 0 Å². The molecule has 0 aliphatic heterocycles. The smallest absolute Gasteiger partial charge is 0.406 e. The molecule has 0 fully saturated rings. The van der Waals surface area contributed by atoms with Gasteiger partial charge in [0.25, 0.3) is 0 Å². The monoisotopic (exact) mass is 217 g/mol. The average Bonchev–Trinajstić information content (AvgIpc) is 2.15. The molecule has 1 atom stereocenters. The minimum atomic E-state index is -4.74. The maximum Gasteiger partial charge on any atom is 0.573 e. The van der Waals surface area contributed by atoms with Crippen LogP contribution >= 0.6 is 0 Å². The fraction of sp³-hybridized carbons (Fsp3) is 0.222. The maximum atomic E-state index is 11.7. The molecule has 0 amide bonds. The second kappa shape index (κ2) is 4.19. The summed E-state index contributed by atoms with van der Waals surface area (Å²) >= 11 is 0. The first-order chi connectivity index (χ1) is 6.92. The van der Waals surface area contributed by atoms with Crippen LogP contribution in [0.15, 0.2) is 24.3 Å². The number of aliphatic hydroxyl groups excluding tert-OH is 1. The van der Waals surface area contributed by atoms with Crippen molar-refractivity contribution < 1.29 is 23.0 Å². The molecule has 0 radical (unpaired) electrons. The summed E-state index contributed by atoms with van der Waals surface area (Å²) in [7, 11) is 0. The highest BCUT2D eigenvalue weighted by Gasteiger charge is 2.30. The van der Waals surface area contributed by atoms with Gasteiger partial charge in [-0.1, -0.05) is 12.1 Å². The first kappa shape index (κ1) is 11.3. The lowest BCUT2D eigenvalue weighted by Gasteiger charge is -2.09. The summed E-state index contributed by atoms with van der Waals surface area (Å²) in [6, 6.07) is 5.98. The Morgan fingerprint density at radius 2 is 1.80 bits per heavy atom. The van der Waals surface area contributed by atoms with Crippen molar-refractivity contribution in [3.8, 4) is 11.8 Å². The van der Waals surface area contributed by atoms with E-state index in [-0.39, 0.29) is 5.56 Å². The van der Waals surface area contributed by atoms with E-state index in [1.807, 2.05) is 0 Å². The predicted octanol–water partition coefficient (Wildman–Crippen LogP) is 2.14. The van der Waals surface area contributed by atoms with E-state index < -0.39 is 18.2 Å². The Balaban J connectivity index is 2.78. The van der Waals surface area contributed by atoms with Crippen LogP contribution in [0.1, 0.15) is 11.7 Å². The molecular weight excluding hydrogens is 211 g/mol. The molecular formula is C9H6F3NO2. The zero-order valence-corrected chi connectivity index (χ0v) is 7.32. The molecule has 0 saturated carbocycles. The third-order valence-electron chi connectivity index (χ3n) is 1.55. The molecule has 3 nitrogen and oxygen atoms in total. The van der Waals surface area contributed by atoms with Gasteiger partial charge in [0.05, 0.1) is 6.07 Å². The van der Waals surface area contributed by atoms with Crippen molar-refractivity contribution in [3.63, 3.8) is 0 Å². The van der Waals surface area contributed by atoms with Crippen LogP contribution in [-0.2, 0) is 0 Å². The topological polar surface area (TPSA) is 53.2 Å². The summed E-state index contributed by atoms with van der Waals surface area (Å²) in [4.78, 5) is 0. The molecule has 15 heavy (non-hydrogen) atoms. The molecule has 1 aromatic carbocycles. The highest BCUT2D eigenvalue weighted by Crippen LogP contribution is 2.24. The summed E-state index contributed by atoms with van der Waals surface area (Å²) in [5, 5.41) is 17.4. The van der Waals surface area contributed by atoms with E-state index >= 15 is 0 Å². The summed E-state index contributed by atoms with van der Waals surface area (Å²) < 4.78 is 38.8. The van der Waals surface area contributed by atoms with Crippen LogP contribution in [0, 0.1) is 11.3 Å². The van der Waals surface area contributed by atoms with Gasteiger partial charge in [-0.25, -0.2) is 0 Å². The van der Waals surface area contributed by atoms with E-state index in [0.717, 1.165) is 12.1 Å². The normalized spacial score (nSPS) is 13.0. The van der Waals surface area contributed by atoms with Crippen molar-refractivity contribution in [2.45, 2.75) is 12.5 Å². The second-order valence-corrected chi connectivity index (χ2v) is 2.65. The van der Waals surface area contributed by atoms with Gasteiger partial charge in [-0.3, -0.25) is 0 Å². The second-order valence-electron chi connectivity index (χ2n) is 2.65. The first-order valence-electron chi connectivity index (χ1n) is 3.86. The minimum Gasteiger partial charge on any atom is -0.406 e. The minimum absolute atomic E-state index is 0.215. The summed E-state index contributed by atoms with van der Waals surface area (Å²) in [5.41, 5.74) is 0.215. The molecule has 0 spiro atoms. The van der Waals surface area contributed by atoms with Gasteiger partial charge in [-0.05, 0) is 17.7 Å². The van der Waals surface area contributed by atoms with Crippen LogP contribution in [0.3, 0.4) is 0 Å². The standard InChI is InChI=1S/C9H6F3NO2/c10-9(11,12)15-7-3-1-6(2-4-7)8(14)5-13/h1-4,8,14H/t8-/m0/s1. The molecule has 0 saturated heterocycles. The van der Waals surface area contributed by atoms with Gasteiger partial charge in [0.15, 0.2) is 6.10 Å². The van der Waals surface area contributed by atoms with Crippen molar-refractivity contribution in [1.29, 1.82) is 5.26 Å². The van der Waals surface area contributed by atoms with Gasteiger partial charge in [-0.2, -0.15) is 5.26 Å². The number of halogens is 3. The van der Waals surface area contributed by atoms with Gasteiger partial charge in [0.2, 0.25) is 0 Å². The van der Waals surface area contributed by atoms with Crippen LogP contribution < -0.4 is 4.74 Å². The Labute approximate surface area is 83.3 Å². The number of rotatable bonds is 2. The summed E-state index contributed by atoms with van der Waals surface area (Å²) in [5.74, 6) is -0.392. The largest absolute Gasteiger partial charge is 0.573 e. The van der Waals surface area contributed by atoms with E-state index in [9.17, 15) is 13.2 Å². The number of nitrogens with zero attached hydrogens (tertiary/aromatic N) is 1. The Hall–Kier alpha value is -1.74. The Bertz CT molecular complexity index is 366. The Morgan fingerprint density at radius 3 is 2.20 bits per heavy atom. The number of hydrogen-bond acceptors (Lipinski definition) is 3. The third kappa shape index (κ3) is 3.48. The number of hydrogen-bond donors (Lipinski definition) is 1. The van der Waals surface area contributed by atoms with Crippen molar-refractivity contribution in [3.05, 3.63) is 29.8 Å². The van der Waals surface area contributed by atoms with Crippen LogP contribution in [0.2, 0.25) is 0 Å². The Morgan fingerprint density at radius 1 is 1.27 bits per heavy atom. The number of alkyl halides is 3. The SMILES string of the molecule is N#C[C@H](O)c1ccc(OC(F)(F)F)cc1. The lowest BCUT2D eigenvalue weighted by atomic mass is 10.1. The van der Waals surface area contributed by atoms with Gasteiger partial charge < -0.3 is 9.84 Å². The van der Waals surface area contributed by atoms with Gasteiger partial charge in [0, 0.05) is 0 Å². The molecule has 6 heteroatoms. The zero-order valence-electron chi connectivity index (χ0n) is 7.32. The fourth-order valence-corrected chi connectivity index (χ4v) is 0.926. The van der Waals surface area contributed by atoms with Gasteiger partial charge in [-0.15, -0.1) is 13.2 Å². The summed E-state index contributed by atoms with van der Waals surface area (Å²) in [6.45, 7) is 0. The molecule has 1 aromatic rings. The van der Waals surface area contributed by atoms with Crippen molar-refractivity contribution in [2.24, 2.45) is 0 Å². The van der Waals surface area contributed by atoms with Crippen molar-refractivity contribution in [2.75, 3.05) is 0 Å². The van der Waals surface area contributed by atoms with E-state index in [2.05, 4.69) is 4.74 Å². The molecule has 0 aliphatic carbocycles. The molecule has 0 aliphatic rings. The predicted molar refractivity (Wildman–Crippen MR) is 43.7 cm³/mol. The number of nitriles is 1. The molecule has 1 rings (SSSR count). The highest BCUT2D eigenvalue weighted by atomic mass is 19.4. The number of ether oxygens (including phenoxy) is 1. The van der Waals surface area contributed by atoms with Gasteiger partial charge in [0.1, 0.15) is 5.75 Å². The lowest BCUT2D eigenvalue weighted by Crippen LogP contribution is -2.17. The van der Waals surface area contributed by atoms with E-state index in [1.54, 1.807) is 6.07 Å². The number of aliphatic hydroxyl groups is 1. The molecule has 0 heterocycles. The summed E-state index contributed by atoms with van der Waals surface area (Å²) in [6.07, 6.45) is -6.08. The maximum absolute atomic E-state index is 11.7. The molecule has 0 bridgehead atoms. The average molecular weight is 217 g/mol.